The molecule has 0 bridgehead atoms. The van der Waals surface area contributed by atoms with Crippen LogP contribution in [0.5, 0.6) is 0 Å². The van der Waals surface area contributed by atoms with Crippen LogP contribution < -0.4 is 0 Å². The highest BCUT2D eigenvalue weighted by Crippen LogP contribution is 2.39. The lowest BCUT2D eigenvalue weighted by molar-refractivity contribution is 0.0273. The third kappa shape index (κ3) is 3.71. The lowest BCUT2D eigenvalue weighted by Gasteiger charge is -2.34. The Balaban J connectivity index is 1.70. The summed E-state index contributed by atoms with van der Waals surface area (Å²) in [5.74, 6) is 2.25. The summed E-state index contributed by atoms with van der Waals surface area (Å²) in [6, 6.07) is 0. The highest BCUT2D eigenvalue weighted by molar-refractivity contribution is 4.83. The van der Waals surface area contributed by atoms with E-state index < -0.39 is 0 Å². The minimum atomic E-state index is 0.0321. The summed E-state index contributed by atoms with van der Waals surface area (Å²) in [6.45, 7) is 2.29. The average Bonchev–Trinajstić information content (AvgIpc) is 2.90. The highest BCUT2D eigenvalue weighted by atomic mass is 16.3. The lowest BCUT2D eigenvalue weighted by Crippen LogP contribution is -2.31. The van der Waals surface area contributed by atoms with Crippen LogP contribution in [0.2, 0.25) is 0 Å². The third-order valence-corrected chi connectivity index (χ3v) is 5.22. The second-order valence-corrected chi connectivity index (χ2v) is 6.46. The maximum atomic E-state index is 10.4. The Morgan fingerprint density at radius 3 is 2.12 bits per heavy atom. The Bertz CT molecular complexity index is 200. The molecular weight excluding hydrogens is 208 g/mol. The molecule has 0 saturated heterocycles. The van der Waals surface area contributed by atoms with Crippen molar-refractivity contribution in [3.8, 4) is 0 Å². The highest BCUT2D eigenvalue weighted by Gasteiger charge is 2.32. The first-order valence-corrected chi connectivity index (χ1v) is 7.99. The molecule has 1 nitrogen and oxygen atoms in total. The molecule has 2 saturated carbocycles. The summed E-state index contributed by atoms with van der Waals surface area (Å²) >= 11 is 0. The molecule has 0 aromatic heterocycles. The standard InChI is InChI=1S/C16H30O/c1-2-3-6-13-9-11-15(12-10-13)16(17)14-7-4-5-8-14/h13-17H,2-12H2,1H3. The van der Waals surface area contributed by atoms with Crippen molar-refractivity contribution in [2.24, 2.45) is 17.8 Å². The van der Waals surface area contributed by atoms with Crippen molar-refractivity contribution in [3.05, 3.63) is 0 Å². The molecule has 0 spiro atoms. The van der Waals surface area contributed by atoms with Gasteiger partial charge in [0.2, 0.25) is 0 Å². The van der Waals surface area contributed by atoms with Crippen molar-refractivity contribution < 1.29 is 5.11 Å². The van der Waals surface area contributed by atoms with Gasteiger partial charge in [-0.05, 0) is 43.4 Å². The van der Waals surface area contributed by atoms with Crippen molar-refractivity contribution in [1.29, 1.82) is 0 Å². The van der Waals surface area contributed by atoms with Gasteiger partial charge < -0.3 is 5.11 Å². The minimum Gasteiger partial charge on any atom is -0.393 e. The number of hydrogen-bond donors (Lipinski definition) is 1. The number of unbranched alkanes of at least 4 members (excludes halogenated alkanes) is 1. The zero-order valence-electron chi connectivity index (χ0n) is 11.5. The van der Waals surface area contributed by atoms with Gasteiger partial charge in [-0.2, -0.15) is 0 Å². The van der Waals surface area contributed by atoms with Gasteiger partial charge >= 0.3 is 0 Å². The van der Waals surface area contributed by atoms with Gasteiger partial charge in [0.25, 0.3) is 0 Å². The first-order valence-electron chi connectivity index (χ1n) is 7.99. The fourth-order valence-electron chi connectivity index (χ4n) is 4.00. The predicted molar refractivity (Wildman–Crippen MR) is 72.9 cm³/mol. The Morgan fingerprint density at radius 2 is 1.53 bits per heavy atom. The van der Waals surface area contributed by atoms with Crippen LogP contribution >= 0.6 is 0 Å². The molecule has 100 valence electrons. The van der Waals surface area contributed by atoms with E-state index in [1.165, 1.54) is 70.6 Å². The molecule has 2 aliphatic carbocycles. The molecule has 2 fully saturated rings. The second-order valence-electron chi connectivity index (χ2n) is 6.46. The van der Waals surface area contributed by atoms with Crippen LogP contribution in [-0.4, -0.2) is 11.2 Å². The van der Waals surface area contributed by atoms with Crippen LogP contribution in [-0.2, 0) is 0 Å². The monoisotopic (exact) mass is 238 g/mol. The summed E-state index contributed by atoms with van der Waals surface area (Å²) in [5, 5.41) is 10.4. The number of aliphatic hydroxyl groups is 1. The number of hydrogen-bond acceptors (Lipinski definition) is 1. The van der Waals surface area contributed by atoms with E-state index in [4.69, 9.17) is 0 Å². The summed E-state index contributed by atoms with van der Waals surface area (Å²) in [6.07, 6.45) is 14.9. The fourth-order valence-corrected chi connectivity index (χ4v) is 4.00. The van der Waals surface area contributed by atoms with Gasteiger partial charge in [-0.3, -0.25) is 0 Å². The molecule has 0 radical (unpaired) electrons. The number of rotatable bonds is 5. The summed E-state index contributed by atoms with van der Waals surface area (Å²) < 4.78 is 0. The fraction of sp³-hybridized carbons (Fsp3) is 1.00. The maximum absolute atomic E-state index is 10.4. The van der Waals surface area contributed by atoms with E-state index in [1.54, 1.807) is 0 Å². The molecule has 1 N–H and O–H groups in total. The molecule has 0 aliphatic heterocycles. The summed E-state index contributed by atoms with van der Waals surface area (Å²) in [7, 11) is 0. The third-order valence-electron chi connectivity index (χ3n) is 5.22. The van der Waals surface area contributed by atoms with Gasteiger partial charge in [-0.25, -0.2) is 0 Å². The van der Waals surface area contributed by atoms with Gasteiger partial charge in [-0.15, -0.1) is 0 Å². The first-order chi connectivity index (χ1) is 8.31. The van der Waals surface area contributed by atoms with E-state index in [-0.39, 0.29) is 6.10 Å². The van der Waals surface area contributed by atoms with Crippen molar-refractivity contribution in [3.63, 3.8) is 0 Å². The van der Waals surface area contributed by atoms with E-state index in [0.29, 0.717) is 11.8 Å². The van der Waals surface area contributed by atoms with E-state index in [2.05, 4.69) is 6.92 Å². The first kappa shape index (κ1) is 13.4. The molecule has 1 atom stereocenters. The normalized spacial score (nSPS) is 32.8. The molecule has 0 amide bonds. The van der Waals surface area contributed by atoms with Crippen LogP contribution in [0.25, 0.3) is 0 Å². The van der Waals surface area contributed by atoms with Crippen molar-refractivity contribution in [2.45, 2.75) is 83.7 Å². The zero-order chi connectivity index (χ0) is 12.1. The predicted octanol–water partition coefficient (Wildman–Crippen LogP) is 4.53. The van der Waals surface area contributed by atoms with E-state index >= 15 is 0 Å². The minimum absolute atomic E-state index is 0.0321. The average molecular weight is 238 g/mol. The van der Waals surface area contributed by atoms with Gasteiger partial charge in [0.05, 0.1) is 6.10 Å². The van der Waals surface area contributed by atoms with Crippen molar-refractivity contribution >= 4 is 0 Å². The van der Waals surface area contributed by atoms with Crippen LogP contribution in [0.1, 0.15) is 77.6 Å². The molecular formula is C16H30O. The van der Waals surface area contributed by atoms with Gasteiger partial charge in [-0.1, -0.05) is 51.9 Å². The molecule has 0 aromatic rings. The van der Waals surface area contributed by atoms with E-state index in [1.807, 2.05) is 0 Å². The quantitative estimate of drug-likeness (QED) is 0.746. The van der Waals surface area contributed by atoms with Gasteiger partial charge in [0.1, 0.15) is 0 Å². The number of aliphatic hydroxyl groups excluding tert-OH is 1. The second kappa shape index (κ2) is 6.78. The van der Waals surface area contributed by atoms with Crippen LogP contribution in [0.15, 0.2) is 0 Å². The molecule has 17 heavy (non-hydrogen) atoms. The molecule has 1 unspecified atom stereocenters. The molecule has 0 aromatic carbocycles. The molecule has 1 heteroatoms. The maximum Gasteiger partial charge on any atom is 0.0596 e. The Kier molecular flexibility index (Phi) is 5.34. The van der Waals surface area contributed by atoms with Crippen LogP contribution in [0.3, 0.4) is 0 Å². The largest absolute Gasteiger partial charge is 0.393 e. The Morgan fingerprint density at radius 1 is 0.941 bits per heavy atom. The Hall–Kier alpha value is -0.0400. The lowest BCUT2D eigenvalue weighted by atomic mass is 9.75. The van der Waals surface area contributed by atoms with Crippen molar-refractivity contribution in [1.82, 2.24) is 0 Å². The molecule has 0 heterocycles. The van der Waals surface area contributed by atoms with Gasteiger partial charge in [0.15, 0.2) is 0 Å². The molecule has 2 rings (SSSR count). The summed E-state index contributed by atoms with van der Waals surface area (Å²) in [4.78, 5) is 0. The van der Waals surface area contributed by atoms with Crippen LogP contribution in [0.4, 0.5) is 0 Å². The molecule has 2 aliphatic rings. The van der Waals surface area contributed by atoms with Crippen LogP contribution in [0, 0.1) is 17.8 Å². The van der Waals surface area contributed by atoms with E-state index in [9.17, 15) is 5.11 Å². The summed E-state index contributed by atoms with van der Waals surface area (Å²) in [5.41, 5.74) is 0. The van der Waals surface area contributed by atoms with Gasteiger partial charge in [0, 0.05) is 0 Å². The topological polar surface area (TPSA) is 20.2 Å². The Labute approximate surface area is 107 Å². The SMILES string of the molecule is CCCCC1CCC(C(O)C2CCCC2)CC1. The zero-order valence-corrected chi connectivity index (χ0v) is 11.5. The van der Waals surface area contributed by atoms with Crippen molar-refractivity contribution in [2.75, 3.05) is 0 Å². The smallest absolute Gasteiger partial charge is 0.0596 e. The van der Waals surface area contributed by atoms with E-state index in [0.717, 1.165) is 5.92 Å².